The lowest BCUT2D eigenvalue weighted by atomic mass is 9.82. The van der Waals surface area contributed by atoms with Crippen LogP contribution in [0.25, 0.3) is 12.2 Å². The van der Waals surface area contributed by atoms with Crippen LogP contribution < -0.4 is 10.6 Å². The highest BCUT2D eigenvalue weighted by molar-refractivity contribution is 5.90. The molecule has 3 aromatic rings. The van der Waals surface area contributed by atoms with Gasteiger partial charge in [0.25, 0.3) is 0 Å². The number of hydrogen-bond donors (Lipinski definition) is 1. The Hall–Kier alpha value is -4.17. The molecule has 4 rings (SSSR count). The van der Waals surface area contributed by atoms with Gasteiger partial charge in [0.1, 0.15) is 0 Å². The van der Waals surface area contributed by atoms with E-state index in [0.717, 1.165) is 65.8 Å². The highest BCUT2D eigenvalue weighted by Gasteiger charge is 2.17. The van der Waals surface area contributed by atoms with Crippen LogP contribution in [0.15, 0.2) is 122 Å². The van der Waals surface area contributed by atoms with Crippen molar-refractivity contribution in [1.29, 1.82) is 0 Å². The van der Waals surface area contributed by atoms with Gasteiger partial charge in [0.2, 0.25) is 0 Å². The number of hydrogen-bond acceptors (Lipinski definition) is 1. The minimum atomic E-state index is 0.164. The third kappa shape index (κ3) is 9.66. The van der Waals surface area contributed by atoms with Gasteiger partial charge in [-0.05, 0) is 115 Å². The van der Waals surface area contributed by atoms with Crippen LogP contribution in [0.2, 0.25) is 0 Å². The first kappa shape index (κ1) is 33.7. The van der Waals surface area contributed by atoms with Crippen molar-refractivity contribution >= 4 is 17.9 Å². The van der Waals surface area contributed by atoms with Gasteiger partial charge in [-0.3, -0.25) is 4.79 Å². The molecule has 0 spiro atoms. The summed E-state index contributed by atoms with van der Waals surface area (Å²) in [5.41, 5.74) is 8.75. The molecule has 1 unspecified atom stereocenters. The monoisotopic (exact) mass is 597 g/mol. The van der Waals surface area contributed by atoms with Crippen LogP contribution in [0.4, 0.5) is 0 Å². The van der Waals surface area contributed by atoms with Crippen molar-refractivity contribution < 1.29 is 4.79 Å². The van der Waals surface area contributed by atoms with Gasteiger partial charge in [-0.2, -0.15) is 0 Å². The molecule has 0 bridgehead atoms. The van der Waals surface area contributed by atoms with E-state index in [2.05, 4.69) is 98.4 Å². The maximum Gasteiger partial charge on any atom is 0.159 e. The molecule has 1 aromatic heterocycles. The van der Waals surface area contributed by atoms with E-state index in [4.69, 9.17) is 0 Å². The first-order chi connectivity index (χ1) is 21.9. The molecule has 234 valence electrons. The highest BCUT2D eigenvalue weighted by atomic mass is 16.1. The normalized spacial score (nSPS) is 16.3. The predicted octanol–water partition coefficient (Wildman–Crippen LogP) is 9.75. The lowest BCUT2D eigenvalue weighted by molar-refractivity contribution is -0.113. The van der Waals surface area contributed by atoms with E-state index in [0.29, 0.717) is 18.3 Å². The number of carbonyl (C=O) groups is 1. The summed E-state index contributed by atoms with van der Waals surface area (Å²) in [4.78, 5) is 15.8. The summed E-state index contributed by atoms with van der Waals surface area (Å²) in [7, 11) is 0. The molecule has 2 nitrogen and oxygen atoms in total. The third-order valence-electron chi connectivity index (χ3n) is 9.10. The number of benzene rings is 2. The van der Waals surface area contributed by atoms with E-state index in [1.165, 1.54) is 41.5 Å². The van der Waals surface area contributed by atoms with Crippen molar-refractivity contribution in [2.45, 2.75) is 89.9 Å². The van der Waals surface area contributed by atoms with Crippen LogP contribution in [-0.2, 0) is 17.6 Å². The van der Waals surface area contributed by atoms with Gasteiger partial charge in [0.05, 0.1) is 0 Å². The van der Waals surface area contributed by atoms with E-state index in [-0.39, 0.29) is 5.78 Å². The molecule has 2 aromatic carbocycles. The molecule has 2 atom stereocenters. The zero-order valence-corrected chi connectivity index (χ0v) is 27.5. The molecule has 1 aliphatic carbocycles. The highest BCUT2D eigenvalue weighted by Crippen LogP contribution is 2.32. The van der Waals surface area contributed by atoms with E-state index in [1.54, 1.807) is 6.08 Å². The minimum absolute atomic E-state index is 0.164. The molecule has 0 saturated carbocycles. The fraction of sp³-hybridized carbons (Fsp3) is 0.326. The number of nitrogens with one attached hydrogen (secondary N) is 1. The summed E-state index contributed by atoms with van der Waals surface area (Å²) < 4.78 is 0. The number of aryl methyl sites for hydroxylation is 1. The number of aromatic amines is 1. The van der Waals surface area contributed by atoms with Gasteiger partial charge in [0.15, 0.2) is 5.78 Å². The van der Waals surface area contributed by atoms with Crippen LogP contribution in [-0.4, -0.2) is 10.8 Å². The quantitative estimate of drug-likeness (QED) is 0.0758. The van der Waals surface area contributed by atoms with E-state index >= 15 is 0 Å². The number of unbranched alkanes of at least 4 members (excludes halogenated alkanes) is 1. The first-order valence-electron chi connectivity index (χ1n) is 16.8. The molecule has 1 heterocycles. The van der Waals surface area contributed by atoms with Crippen molar-refractivity contribution in [3.05, 3.63) is 154 Å². The van der Waals surface area contributed by atoms with Crippen LogP contribution in [0.5, 0.6) is 0 Å². The molecule has 0 radical (unpaired) electrons. The van der Waals surface area contributed by atoms with Gasteiger partial charge >= 0.3 is 0 Å². The maximum atomic E-state index is 12.6. The van der Waals surface area contributed by atoms with Gasteiger partial charge in [-0.15, -0.1) is 0 Å². The van der Waals surface area contributed by atoms with Crippen molar-refractivity contribution in [2.24, 2.45) is 0 Å². The van der Waals surface area contributed by atoms with Crippen molar-refractivity contribution in [3.63, 3.8) is 0 Å². The van der Waals surface area contributed by atoms with Gasteiger partial charge in [-0.25, -0.2) is 0 Å². The van der Waals surface area contributed by atoms with E-state index in [9.17, 15) is 4.79 Å². The second-order valence-electron chi connectivity index (χ2n) is 12.4. The van der Waals surface area contributed by atoms with Crippen molar-refractivity contribution in [2.75, 3.05) is 0 Å². The molecule has 1 N–H and O–H groups in total. The standard InChI is InChI=1S/C43H51NO/c1-6-16-32(3)43(41-29-30-44-34(41)5)33(4)17-8-9-20-36(7-2)39-25-12-18-35(31-39)19-13-26-40(45)27-15-24-38-23-14-22-37-21-10-11-28-42(37)38/h6,10-13,15-16,18,21,24-26,28-31,36,38,44H,3-5,7-9,14,17,19-20,22-23,27H2,1-2H3/b16-6-,24-15+,26-13+,43-41+/t36?,38-/m1/s1. The molecule has 0 fully saturated rings. The van der Waals surface area contributed by atoms with E-state index in [1.807, 2.05) is 31.3 Å². The Morgan fingerprint density at radius 2 is 1.89 bits per heavy atom. The van der Waals surface area contributed by atoms with Gasteiger partial charge in [0, 0.05) is 29.1 Å². The Bertz CT molecular complexity index is 1660. The maximum absolute atomic E-state index is 12.6. The zero-order chi connectivity index (χ0) is 32.0. The summed E-state index contributed by atoms with van der Waals surface area (Å²) in [6.45, 7) is 17.2. The Balaban J connectivity index is 1.26. The summed E-state index contributed by atoms with van der Waals surface area (Å²) in [6.07, 6.45) is 24.3. The molecule has 0 saturated heterocycles. The average molecular weight is 598 g/mol. The molecule has 0 amide bonds. The number of carbonyl (C=O) groups excluding carboxylic acids is 1. The Morgan fingerprint density at radius 3 is 2.67 bits per heavy atom. The summed E-state index contributed by atoms with van der Waals surface area (Å²) in [5, 5.41) is 1.99. The van der Waals surface area contributed by atoms with Crippen molar-refractivity contribution in [3.8, 4) is 0 Å². The number of allylic oxidation sites excluding steroid dienone is 8. The molecule has 2 heteroatoms. The molecule has 45 heavy (non-hydrogen) atoms. The molecule has 0 aliphatic heterocycles. The second-order valence-corrected chi connectivity index (χ2v) is 12.4. The number of rotatable bonds is 16. The largest absolute Gasteiger partial charge is 0.362 e. The van der Waals surface area contributed by atoms with Crippen LogP contribution >= 0.6 is 0 Å². The Labute approximate surface area is 271 Å². The summed E-state index contributed by atoms with van der Waals surface area (Å²) >= 11 is 0. The molecular weight excluding hydrogens is 546 g/mol. The Morgan fingerprint density at radius 1 is 1.04 bits per heavy atom. The lowest BCUT2D eigenvalue weighted by Gasteiger charge is -2.22. The number of aromatic nitrogens is 1. The van der Waals surface area contributed by atoms with Crippen molar-refractivity contribution in [1.82, 2.24) is 4.98 Å². The molecular formula is C43H51NO. The second kappa shape index (κ2) is 17.4. The predicted molar refractivity (Wildman–Crippen MR) is 194 cm³/mol. The fourth-order valence-electron chi connectivity index (χ4n) is 6.68. The van der Waals surface area contributed by atoms with Gasteiger partial charge < -0.3 is 4.98 Å². The van der Waals surface area contributed by atoms with Crippen LogP contribution in [0.3, 0.4) is 0 Å². The first-order valence-corrected chi connectivity index (χ1v) is 16.8. The number of H-pyrrole nitrogens is 1. The summed E-state index contributed by atoms with van der Waals surface area (Å²) in [6, 6.07) is 19.7. The van der Waals surface area contributed by atoms with Gasteiger partial charge in [-0.1, -0.05) is 112 Å². The lowest BCUT2D eigenvalue weighted by Crippen LogP contribution is -2.24. The minimum Gasteiger partial charge on any atom is -0.362 e. The molecule has 1 aliphatic rings. The fourth-order valence-corrected chi connectivity index (χ4v) is 6.68. The summed E-state index contributed by atoms with van der Waals surface area (Å²) in [5.74, 6) is 1.12. The smallest absolute Gasteiger partial charge is 0.159 e. The Kier molecular flexibility index (Phi) is 13.0. The number of fused-ring (bicyclic) bond motifs is 1. The number of ketones is 1. The van der Waals surface area contributed by atoms with Crippen LogP contribution in [0.1, 0.15) is 99.3 Å². The topological polar surface area (TPSA) is 32.9 Å². The zero-order valence-electron chi connectivity index (χ0n) is 27.5. The van der Waals surface area contributed by atoms with E-state index < -0.39 is 0 Å². The average Bonchev–Trinajstić information content (AvgIpc) is 3.46. The SMILES string of the molecule is C=C(/C=C\C)/C(C(=C)CCCCC(CC)c1cccc(C/C=C/C(=O)C/C=C/[C@H]2CCCc3ccccc32)c1)=c1/cc[nH]c1=C. The van der Waals surface area contributed by atoms with Crippen LogP contribution in [0, 0.1) is 0 Å². The third-order valence-corrected chi connectivity index (χ3v) is 9.10.